The molecule has 4 heteroatoms. The maximum atomic E-state index is 7.51. The minimum absolute atomic E-state index is 0.469. The molecule has 4 nitrogen and oxygen atoms in total. The number of benzene rings is 1. The van der Waals surface area contributed by atoms with Crippen molar-refractivity contribution in [3.05, 3.63) is 29.5 Å². The SMILES string of the molecule is COc1cc(C)c2[nH]ccc2c1CN1CCC(C)CC1CC=N. The maximum Gasteiger partial charge on any atom is 0.124 e. The third-order valence-electron chi connectivity index (χ3n) is 5.18. The summed E-state index contributed by atoms with van der Waals surface area (Å²) < 4.78 is 5.68. The van der Waals surface area contributed by atoms with Gasteiger partial charge in [0.25, 0.3) is 0 Å². The van der Waals surface area contributed by atoms with Crippen LogP contribution in [0.15, 0.2) is 18.3 Å². The minimum atomic E-state index is 0.469. The van der Waals surface area contributed by atoms with Gasteiger partial charge in [-0.2, -0.15) is 0 Å². The van der Waals surface area contributed by atoms with E-state index in [2.05, 4.69) is 35.9 Å². The van der Waals surface area contributed by atoms with Crippen LogP contribution in [0.2, 0.25) is 0 Å². The second kappa shape index (κ2) is 6.75. The molecule has 1 aliphatic heterocycles. The molecular formula is C19H27N3O. The first kappa shape index (κ1) is 16.1. The third-order valence-corrected chi connectivity index (χ3v) is 5.18. The van der Waals surface area contributed by atoms with Gasteiger partial charge in [-0.3, -0.25) is 4.90 Å². The molecule has 1 aromatic carbocycles. The van der Waals surface area contributed by atoms with Crippen LogP contribution < -0.4 is 4.74 Å². The highest BCUT2D eigenvalue weighted by atomic mass is 16.5. The van der Waals surface area contributed by atoms with E-state index in [0.717, 1.165) is 31.2 Å². The molecule has 23 heavy (non-hydrogen) atoms. The third kappa shape index (κ3) is 3.13. The van der Waals surface area contributed by atoms with E-state index in [1.165, 1.54) is 34.9 Å². The molecule has 2 atom stereocenters. The number of aromatic nitrogens is 1. The van der Waals surface area contributed by atoms with Gasteiger partial charge in [-0.25, -0.2) is 0 Å². The number of hydrogen-bond donors (Lipinski definition) is 2. The van der Waals surface area contributed by atoms with Gasteiger partial charge in [0.05, 0.1) is 7.11 Å². The molecule has 1 fully saturated rings. The minimum Gasteiger partial charge on any atom is -0.496 e. The van der Waals surface area contributed by atoms with Crippen molar-refractivity contribution in [2.75, 3.05) is 13.7 Å². The van der Waals surface area contributed by atoms with Crippen molar-refractivity contribution in [2.45, 2.75) is 45.7 Å². The molecule has 2 heterocycles. The molecule has 3 rings (SSSR count). The summed E-state index contributed by atoms with van der Waals surface area (Å²) in [5.74, 6) is 1.73. The van der Waals surface area contributed by atoms with Gasteiger partial charge < -0.3 is 15.1 Å². The fourth-order valence-electron chi connectivity index (χ4n) is 3.87. The van der Waals surface area contributed by atoms with Gasteiger partial charge >= 0.3 is 0 Å². The fourth-order valence-corrected chi connectivity index (χ4v) is 3.87. The van der Waals surface area contributed by atoms with Crippen LogP contribution in [0.3, 0.4) is 0 Å². The highest BCUT2D eigenvalue weighted by Gasteiger charge is 2.27. The Morgan fingerprint density at radius 3 is 3.04 bits per heavy atom. The summed E-state index contributed by atoms with van der Waals surface area (Å²) in [6, 6.07) is 4.75. The fraction of sp³-hybridized carbons (Fsp3) is 0.526. The molecule has 0 radical (unpaired) electrons. The quantitative estimate of drug-likeness (QED) is 0.816. The van der Waals surface area contributed by atoms with Crippen LogP contribution in [0.25, 0.3) is 10.9 Å². The van der Waals surface area contributed by atoms with Gasteiger partial charge in [-0.1, -0.05) is 6.92 Å². The first-order valence-electron chi connectivity index (χ1n) is 8.50. The van der Waals surface area contributed by atoms with Crippen molar-refractivity contribution in [3.63, 3.8) is 0 Å². The van der Waals surface area contributed by atoms with Gasteiger partial charge in [0.1, 0.15) is 5.75 Å². The number of hydrogen-bond acceptors (Lipinski definition) is 3. The van der Waals surface area contributed by atoms with Crippen molar-refractivity contribution in [1.29, 1.82) is 5.41 Å². The van der Waals surface area contributed by atoms with Crippen molar-refractivity contribution in [2.24, 2.45) is 5.92 Å². The molecule has 2 aromatic rings. The summed E-state index contributed by atoms with van der Waals surface area (Å²) in [6.07, 6.45) is 6.83. The summed E-state index contributed by atoms with van der Waals surface area (Å²) >= 11 is 0. The molecule has 2 N–H and O–H groups in total. The molecule has 1 aliphatic rings. The topological polar surface area (TPSA) is 52.1 Å². The van der Waals surface area contributed by atoms with E-state index in [0.29, 0.717) is 6.04 Å². The molecule has 0 aliphatic carbocycles. The standard InChI is InChI=1S/C19H27N3O/c1-13-6-9-22(15(10-13)4-7-20)12-17-16-5-8-21-19(16)14(2)11-18(17)23-3/h5,7-8,11,13,15,20-21H,4,6,9-10,12H2,1-3H3. The van der Waals surface area contributed by atoms with Crippen molar-refractivity contribution >= 4 is 17.1 Å². The van der Waals surface area contributed by atoms with Crippen LogP contribution >= 0.6 is 0 Å². The van der Waals surface area contributed by atoms with Gasteiger partial charge in [0.2, 0.25) is 0 Å². The number of rotatable bonds is 5. The van der Waals surface area contributed by atoms with Crippen LogP contribution in [0.4, 0.5) is 0 Å². The highest BCUT2D eigenvalue weighted by molar-refractivity contribution is 5.88. The zero-order valence-electron chi connectivity index (χ0n) is 14.4. The first-order chi connectivity index (χ1) is 11.1. The smallest absolute Gasteiger partial charge is 0.124 e. The molecule has 124 valence electrons. The average molecular weight is 313 g/mol. The Kier molecular flexibility index (Phi) is 4.71. The Labute approximate surface area is 138 Å². The Morgan fingerprint density at radius 2 is 2.30 bits per heavy atom. The van der Waals surface area contributed by atoms with Crippen molar-refractivity contribution in [3.8, 4) is 5.75 Å². The normalized spacial score (nSPS) is 22.4. The largest absolute Gasteiger partial charge is 0.496 e. The Balaban J connectivity index is 1.95. The Hall–Kier alpha value is -1.81. The second-order valence-corrected chi connectivity index (χ2v) is 6.83. The Bertz CT molecular complexity index is 691. The second-order valence-electron chi connectivity index (χ2n) is 6.83. The van der Waals surface area contributed by atoms with Crippen LogP contribution in [0.1, 0.15) is 37.3 Å². The molecule has 2 unspecified atom stereocenters. The summed E-state index contributed by atoms with van der Waals surface area (Å²) in [7, 11) is 1.75. The van der Waals surface area contributed by atoms with E-state index in [-0.39, 0.29) is 0 Å². The molecule has 1 aromatic heterocycles. The number of likely N-dealkylation sites (tertiary alicyclic amines) is 1. The van der Waals surface area contributed by atoms with Gasteiger partial charge in [-0.05, 0) is 62.6 Å². The summed E-state index contributed by atoms with van der Waals surface area (Å²) in [6.45, 7) is 6.43. The number of ether oxygens (including phenoxy) is 1. The van der Waals surface area contributed by atoms with Crippen LogP contribution in [-0.2, 0) is 6.54 Å². The predicted molar refractivity (Wildman–Crippen MR) is 95.6 cm³/mol. The number of piperidine rings is 1. The molecule has 1 saturated heterocycles. The number of fused-ring (bicyclic) bond motifs is 1. The number of aryl methyl sites for hydroxylation is 1. The zero-order chi connectivity index (χ0) is 16.4. The van der Waals surface area contributed by atoms with Gasteiger partial charge in [0.15, 0.2) is 0 Å². The molecular weight excluding hydrogens is 286 g/mol. The van der Waals surface area contributed by atoms with Crippen LogP contribution in [0.5, 0.6) is 5.75 Å². The molecule has 0 bridgehead atoms. The lowest BCUT2D eigenvalue weighted by Gasteiger charge is -2.38. The molecule has 0 amide bonds. The number of aromatic amines is 1. The lowest BCUT2D eigenvalue weighted by atomic mass is 9.90. The average Bonchev–Trinajstić information content (AvgIpc) is 3.02. The molecule has 0 saturated carbocycles. The van der Waals surface area contributed by atoms with Gasteiger partial charge in [-0.15, -0.1) is 0 Å². The number of methoxy groups -OCH3 is 1. The summed E-state index contributed by atoms with van der Waals surface area (Å²) in [4.78, 5) is 5.88. The lowest BCUT2D eigenvalue weighted by molar-refractivity contribution is 0.114. The number of nitrogens with zero attached hydrogens (tertiary/aromatic N) is 1. The van der Waals surface area contributed by atoms with E-state index in [4.69, 9.17) is 10.1 Å². The number of H-pyrrole nitrogens is 1. The Morgan fingerprint density at radius 1 is 1.48 bits per heavy atom. The van der Waals surface area contributed by atoms with E-state index < -0.39 is 0 Å². The van der Waals surface area contributed by atoms with E-state index in [1.54, 1.807) is 13.3 Å². The predicted octanol–water partition coefficient (Wildman–Crippen LogP) is 4.13. The molecule has 0 spiro atoms. The first-order valence-corrected chi connectivity index (χ1v) is 8.50. The van der Waals surface area contributed by atoms with Gasteiger partial charge in [0, 0.05) is 35.2 Å². The monoisotopic (exact) mass is 313 g/mol. The van der Waals surface area contributed by atoms with E-state index in [9.17, 15) is 0 Å². The zero-order valence-corrected chi connectivity index (χ0v) is 14.4. The summed E-state index contributed by atoms with van der Waals surface area (Å²) in [5, 5.41) is 8.76. The summed E-state index contributed by atoms with van der Waals surface area (Å²) in [5.41, 5.74) is 3.68. The number of nitrogens with one attached hydrogen (secondary N) is 2. The van der Waals surface area contributed by atoms with Crippen molar-refractivity contribution in [1.82, 2.24) is 9.88 Å². The van der Waals surface area contributed by atoms with E-state index >= 15 is 0 Å². The highest BCUT2D eigenvalue weighted by Crippen LogP contribution is 2.34. The maximum absolute atomic E-state index is 7.51. The van der Waals surface area contributed by atoms with Crippen LogP contribution in [-0.4, -0.2) is 35.8 Å². The van der Waals surface area contributed by atoms with Crippen LogP contribution in [0, 0.1) is 18.3 Å². The van der Waals surface area contributed by atoms with Crippen molar-refractivity contribution < 1.29 is 4.74 Å². The lowest BCUT2D eigenvalue weighted by Crippen LogP contribution is -2.41. The van der Waals surface area contributed by atoms with E-state index in [1.807, 2.05) is 6.20 Å².